The van der Waals surface area contributed by atoms with Crippen LogP contribution in [-0.4, -0.2) is 38.2 Å². The van der Waals surface area contributed by atoms with Crippen molar-refractivity contribution in [1.82, 2.24) is 10.3 Å². The van der Waals surface area contributed by atoms with E-state index in [1.807, 2.05) is 37.3 Å². The molecule has 0 aliphatic heterocycles. The van der Waals surface area contributed by atoms with E-state index in [9.17, 15) is 13.2 Å². The van der Waals surface area contributed by atoms with Crippen molar-refractivity contribution in [2.75, 3.05) is 12.9 Å². The Hall–Kier alpha value is -3.13. The summed E-state index contributed by atoms with van der Waals surface area (Å²) < 4.78 is 36.1. The Morgan fingerprint density at radius 1 is 1.16 bits per heavy atom. The number of hydrogen-bond donors (Lipinski definition) is 1. The number of nitrogens with zero attached hydrogens (tertiary/aromatic N) is 1. The van der Waals surface area contributed by atoms with E-state index in [2.05, 4.69) is 10.3 Å². The second kappa shape index (κ2) is 10.5. The lowest BCUT2D eigenvalue weighted by molar-refractivity contribution is -0.119. The zero-order chi connectivity index (χ0) is 23.1. The zero-order valence-corrected chi connectivity index (χ0v) is 19.3. The van der Waals surface area contributed by atoms with Gasteiger partial charge in [0.2, 0.25) is 11.8 Å². The first-order valence-electron chi connectivity index (χ1n) is 10.4. The molecular weight excluding hydrogens is 428 g/mol. The van der Waals surface area contributed by atoms with E-state index in [4.69, 9.17) is 9.15 Å². The number of nitrogens with one attached hydrogen (secondary N) is 1. The van der Waals surface area contributed by atoms with Gasteiger partial charge in [-0.15, -0.1) is 0 Å². The molecule has 2 aromatic carbocycles. The molecular formula is C24H28N2O5S. The molecule has 8 heteroatoms. The Balaban J connectivity index is 1.57. The third-order valence-corrected chi connectivity index (χ3v) is 6.45. The Morgan fingerprint density at radius 2 is 1.91 bits per heavy atom. The quantitative estimate of drug-likeness (QED) is 0.499. The molecule has 0 saturated carbocycles. The number of rotatable bonds is 10. The van der Waals surface area contributed by atoms with Crippen molar-refractivity contribution in [1.29, 1.82) is 0 Å². The molecule has 0 radical (unpaired) electrons. The van der Waals surface area contributed by atoms with Gasteiger partial charge in [0, 0.05) is 11.6 Å². The third kappa shape index (κ3) is 6.68. The molecule has 0 unspecified atom stereocenters. The molecule has 0 aliphatic carbocycles. The molecule has 7 nitrogen and oxygen atoms in total. The van der Waals surface area contributed by atoms with Crippen LogP contribution in [0.3, 0.4) is 0 Å². The Morgan fingerprint density at radius 3 is 2.62 bits per heavy atom. The van der Waals surface area contributed by atoms with Crippen molar-refractivity contribution in [2.45, 2.75) is 38.5 Å². The van der Waals surface area contributed by atoms with E-state index < -0.39 is 21.5 Å². The van der Waals surface area contributed by atoms with Gasteiger partial charge in [0.15, 0.2) is 9.84 Å². The van der Waals surface area contributed by atoms with E-state index in [1.165, 1.54) is 5.56 Å². The van der Waals surface area contributed by atoms with Gasteiger partial charge in [0.05, 0.1) is 18.6 Å². The molecule has 32 heavy (non-hydrogen) atoms. The minimum Gasteiger partial charge on any atom is -0.497 e. The largest absolute Gasteiger partial charge is 0.497 e. The summed E-state index contributed by atoms with van der Waals surface area (Å²) in [6.45, 7) is 3.53. The molecule has 1 atom stereocenters. The number of carbonyl (C=O) groups excluding carboxylic acids is 1. The topological polar surface area (TPSA) is 98.5 Å². The van der Waals surface area contributed by atoms with Crippen LogP contribution in [0.25, 0.3) is 11.5 Å². The number of hydrogen-bond acceptors (Lipinski definition) is 6. The maximum atomic E-state index is 12.6. The predicted molar refractivity (Wildman–Crippen MR) is 123 cm³/mol. The Labute approximate surface area is 188 Å². The molecule has 1 N–H and O–H groups in total. The molecule has 0 spiro atoms. The molecule has 0 fully saturated rings. The molecule has 0 saturated heterocycles. The fraction of sp³-hybridized carbons (Fsp3) is 0.333. The maximum Gasteiger partial charge on any atom is 0.235 e. The summed E-state index contributed by atoms with van der Waals surface area (Å²) in [4.78, 5) is 16.6. The van der Waals surface area contributed by atoms with Crippen LogP contribution < -0.4 is 10.1 Å². The first-order chi connectivity index (χ1) is 15.3. The van der Waals surface area contributed by atoms with Crippen LogP contribution in [0.5, 0.6) is 5.75 Å². The highest BCUT2D eigenvalue weighted by Crippen LogP contribution is 2.26. The van der Waals surface area contributed by atoms with Crippen molar-refractivity contribution in [3.63, 3.8) is 0 Å². The average Bonchev–Trinajstić information content (AvgIpc) is 3.12. The minimum atomic E-state index is -3.71. The van der Waals surface area contributed by atoms with E-state index in [-0.39, 0.29) is 11.8 Å². The monoisotopic (exact) mass is 456 g/mol. The van der Waals surface area contributed by atoms with Crippen LogP contribution in [0.4, 0.5) is 0 Å². The number of benzene rings is 2. The van der Waals surface area contributed by atoms with Gasteiger partial charge in [0.25, 0.3) is 0 Å². The van der Waals surface area contributed by atoms with Crippen LogP contribution in [0.2, 0.25) is 0 Å². The summed E-state index contributed by atoms with van der Waals surface area (Å²) in [7, 11) is -2.15. The lowest BCUT2D eigenvalue weighted by Gasteiger charge is -2.14. The number of oxazole rings is 1. The molecule has 1 heterocycles. The van der Waals surface area contributed by atoms with Gasteiger partial charge in [-0.05, 0) is 50.5 Å². The van der Waals surface area contributed by atoms with E-state index >= 15 is 0 Å². The smallest absolute Gasteiger partial charge is 0.235 e. The highest BCUT2D eigenvalue weighted by molar-refractivity contribution is 7.91. The van der Waals surface area contributed by atoms with Crippen LogP contribution in [0.15, 0.2) is 59.0 Å². The summed E-state index contributed by atoms with van der Waals surface area (Å²) in [5.41, 5.74) is 2.16. The van der Waals surface area contributed by atoms with Gasteiger partial charge >= 0.3 is 0 Å². The number of methoxy groups -OCH3 is 1. The summed E-state index contributed by atoms with van der Waals surface area (Å²) in [5.74, 6) is -0.111. The van der Waals surface area contributed by atoms with Gasteiger partial charge in [-0.3, -0.25) is 4.79 Å². The first-order valence-corrected chi connectivity index (χ1v) is 12.2. The van der Waals surface area contributed by atoms with Crippen LogP contribution in [0, 0.1) is 6.92 Å². The first kappa shape index (κ1) is 23.5. The molecule has 0 aliphatic rings. The van der Waals surface area contributed by atoms with Gasteiger partial charge in [-0.2, -0.15) is 0 Å². The van der Waals surface area contributed by atoms with Gasteiger partial charge in [-0.25, -0.2) is 13.4 Å². The normalized spacial score (nSPS) is 12.3. The number of carbonyl (C=O) groups is 1. The molecule has 0 bridgehead atoms. The van der Waals surface area contributed by atoms with Crippen molar-refractivity contribution < 1.29 is 22.4 Å². The summed E-state index contributed by atoms with van der Waals surface area (Å²) in [6.07, 6.45) is 1.53. The van der Waals surface area contributed by atoms with Crippen molar-refractivity contribution >= 4 is 15.7 Å². The van der Waals surface area contributed by atoms with Crippen LogP contribution in [-0.2, 0) is 26.8 Å². The average molecular weight is 457 g/mol. The SMILES string of the molecule is COc1cccc(-c2nc(CS(=O)(=O)CC(=O)N[C@H](C)CCc3ccccc3)c(C)o2)c1. The lowest BCUT2D eigenvalue weighted by Crippen LogP contribution is -2.37. The van der Waals surface area contributed by atoms with Crippen molar-refractivity contribution in [2.24, 2.45) is 0 Å². The number of amides is 1. The van der Waals surface area contributed by atoms with Crippen molar-refractivity contribution in [3.8, 4) is 17.2 Å². The lowest BCUT2D eigenvalue weighted by atomic mass is 10.1. The van der Waals surface area contributed by atoms with Gasteiger partial charge in [0.1, 0.15) is 17.3 Å². The van der Waals surface area contributed by atoms with Gasteiger partial charge < -0.3 is 14.5 Å². The molecule has 170 valence electrons. The summed E-state index contributed by atoms with van der Waals surface area (Å²) in [5, 5.41) is 2.77. The minimum absolute atomic E-state index is 0.133. The highest BCUT2D eigenvalue weighted by atomic mass is 32.2. The number of aromatic nitrogens is 1. The summed E-state index contributed by atoms with van der Waals surface area (Å²) >= 11 is 0. The fourth-order valence-electron chi connectivity index (χ4n) is 3.32. The second-order valence-electron chi connectivity index (χ2n) is 7.78. The highest BCUT2D eigenvalue weighted by Gasteiger charge is 2.23. The third-order valence-electron chi connectivity index (χ3n) is 5.03. The van der Waals surface area contributed by atoms with E-state index in [0.29, 0.717) is 28.7 Å². The second-order valence-corrected chi connectivity index (χ2v) is 9.84. The molecule has 1 aromatic heterocycles. The maximum absolute atomic E-state index is 12.6. The zero-order valence-electron chi connectivity index (χ0n) is 18.5. The number of sulfone groups is 1. The van der Waals surface area contributed by atoms with E-state index in [1.54, 1.807) is 38.3 Å². The molecule has 1 amide bonds. The standard InChI is InChI=1S/C24H28N2O5S/c1-17(12-13-19-8-5-4-6-9-19)25-23(27)16-32(28,29)15-22-18(2)31-24(26-22)20-10-7-11-21(14-20)30-3/h4-11,14,17H,12-13,15-16H2,1-3H3,(H,25,27)/t17-/m1/s1. The van der Waals surface area contributed by atoms with E-state index in [0.717, 1.165) is 12.8 Å². The number of ether oxygens (including phenoxy) is 1. The Kier molecular flexibility index (Phi) is 7.69. The van der Waals surface area contributed by atoms with Crippen LogP contribution in [0.1, 0.15) is 30.4 Å². The fourth-order valence-corrected chi connectivity index (χ4v) is 4.59. The van der Waals surface area contributed by atoms with Crippen LogP contribution >= 0.6 is 0 Å². The van der Waals surface area contributed by atoms with Crippen molar-refractivity contribution in [3.05, 3.63) is 71.6 Å². The molecule has 3 aromatic rings. The Bertz CT molecular complexity index is 1160. The van der Waals surface area contributed by atoms with Gasteiger partial charge in [-0.1, -0.05) is 36.4 Å². The predicted octanol–water partition coefficient (Wildman–Crippen LogP) is 3.71. The number of aryl methyl sites for hydroxylation is 2. The molecule has 3 rings (SSSR count). The summed E-state index contributed by atoms with van der Waals surface area (Å²) in [6, 6.07) is 17.0.